The Hall–Kier alpha value is -2.36. The highest BCUT2D eigenvalue weighted by atomic mass is 19.1. The van der Waals surface area contributed by atoms with E-state index in [1.54, 1.807) is 12.3 Å². The third-order valence-corrected chi connectivity index (χ3v) is 3.10. The van der Waals surface area contributed by atoms with Crippen LogP contribution in [0.4, 0.5) is 10.1 Å². The van der Waals surface area contributed by atoms with Crippen molar-refractivity contribution in [1.29, 1.82) is 0 Å². The standard InChI is InChI=1S/C14H11FN2O/c1-8(11-3-2-6-16-11)13-10-7-9(15)4-5-12(10)17-14(13)18/h2-7,16H,1H3,(H,17,18). The van der Waals surface area contributed by atoms with Crippen LogP contribution in [0.25, 0.3) is 11.1 Å². The Kier molecular flexibility index (Phi) is 2.30. The Bertz CT molecular complexity index is 656. The number of hydrogen-bond donors (Lipinski definition) is 2. The number of fused-ring (bicyclic) bond motifs is 1. The Labute approximate surface area is 103 Å². The van der Waals surface area contributed by atoms with Crippen molar-refractivity contribution in [3.05, 3.63) is 53.6 Å². The molecule has 0 bridgehead atoms. The van der Waals surface area contributed by atoms with Crippen LogP contribution in [0.1, 0.15) is 18.2 Å². The molecule has 90 valence electrons. The monoisotopic (exact) mass is 242 g/mol. The maximum Gasteiger partial charge on any atom is 0.256 e. The van der Waals surface area contributed by atoms with Crippen molar-refractivity contribution in [2.45, 2.75) is 6.92 Å². The zero-order valence-corrected chi connectivity index (χ0v) is 9.75. The molecule has 0 unspecified atom stereocenters. The van der Waals surface area contributed by atoms with Gasteiger partial charge in [-0.2, -0.15) is 0 Å². The highest BCUT2D eigenvalue weighted by Gasteiger charge is 2.27. The molecule has 1 aromatic carbocycles. The Morgan fingerprint density at radius 1 is 1.28 bits per heavy atom. The zero-order chi connectivity index (χ0) is 12.7. The van der Waals surface area contributed by atoms with Gasteiger partial charge in [-0.15, -0.1) is 0 Å². The first-order valence-corrected chi connectivity index (χ1v) is 5.63. The van der Waals surface area contributed by atoms with Gasteiger partial charge in [-0.25, -0.2) is 4.39 Å². The number of allylic oxidation sites excluding steroid dienone is 1. The number of halogens is 1. The van der Waals surface area contributed by atoms with Gasteiger partial charge in [0.15, 0.2) is 0 Å². The van der Waals surface area contributed by atoms with Gasteiger partial charge in [0.2, 0.25) is 0 Å². The lowest BCUT2D eigenvalue weighted by Crippen LogP contribution is -2.05. The summed E-state index contributed by atoms with van der Waals surface area (Å²) < 4.78 is 13.3. The van der Waals surface area contributed by atoms with Crippen LogP contribution in [0.15, 0.2) is 36.5 Å². The molecule has 0 aliphatic carbocycles. The summed E-state index contributed by atoms with van der Waals surface area (Å²) in [5.41, 5.74) is 3.46. The first-order valence-electron chi connectivity index (χ1n) is 5.63. The number of anilines is 1. The summed E-state index contributed by atoms with van der Waals surface area (Å²) in [5.74, 6) is -0.537. The van der Waals surface area contributed by atoms with Crippen LogP contribution in [0.3, 0.4) is 0 Å². The molecule has 3 rings (SSSR count). The molecule has 0 spiro atoms. The van der Waals surface area contributed by atoms with Gasteiger partial charge in [0.05, 0.1) is 5.57 Å². The SMILES string of the molecule is CC(=C1C(=O)Nc2ccc(F)cc21)c1ccc[nH]1. The minimum absolute atomic E-state index is 0.192. The van der Waals surface area contributed by atoms with E-state index in [0.29, 0.717) is 16.8 Å². The molecule has 18 heavy (non-hydrogen) atoms. The summed E-state index contributed by atoms with van der Waals surface area (Å²) in [6.07, 6.45) is 1.79. The second kappa shape index (κ2) is 3.84. The number of hydrogen-bond acceptors (Lipinski definition) is 1. The van der Waals surface area contributed by atoms with Gasteiger partial charge < -0.3 is 10.3 Å². The van der Waals surface area contributed by atoms with Gasteiger partial charge in [-0.05, 0) is 42.8 Å². The summed E-state index contributed by atoms with van der Waals surface area (Å²) >= 11 is 0. The zero-order valence-electron chi connectivity index (χ0n) is 9.75. The third kappa shape index (κ3) is 1.54. The molecule has 4 heteroatoms. The van der Waals surface area contributed by atoms with E-state index in [9.17, 15) is 9.18 Å². The number of rotatable bonds is 1. The molecule has 2 N–H and O–H groups in total. The average molecular weight is 242 g/mol. The van der Waals surface area contributed by atoms with E-state index in [1.807, 2.05) is 19.1 Å². The molecule has 1 aliphatic heterocycles. The fourth-order valence-corrected chi connectivity index (χ4v) is 2.21. The molecule has 1 amide bonds. The normalized spacial score (nSPS) is 16.4. The van der Waals surface area contributed by atoms with E-state index in [2.05, 4.69) is 10.3 Å². The fourth-order valence-electron chi connectivity index (χ4n) is 2.21. The van der Waals surface area contributed by atoms with Crippen LogP contribution < -0.4 is 5.32 Å². The molecule has 0 atom stereocenters. The Morgan fingerprint density at radius 2 is 2.11 bits per heavy atom. The predicted octanol–water partition coefficient (Wildman–Crippen LogP) is 3.04. The first kappa shape index (κ1) is 10.8. The number of amides is 1. The van der Waals surface area contributed by atoms with Crippen molar-refractivity contribution >= 4 is 22.7 Å². The van der Waals surface area contributed by atoms with Gasteiger partial charge in [-0.1, -0.05) is 0 Å². The number of nitrogens with one attached hydrogen (secondary N) is 2. The topological polar surface area (TPSA) is 44.9 Å². The van der Waals surface area contributed by atoms with E-state index in [1.165, 1.54) is 12.1 Å². The number of benzene rings is 1. The molecule has 1 aromatic heterocycles. The lowest BCUT2D eigenvalue weighted by molar-refractivity contribution is -0.110. The van der Waals surface area contributed by atoms with Gasteiger partial charge in [0, 0.05) is 23.1 Å². The second-order valence-corrected chi connectivity index (χ2v) is 4.23. The Morgan fingerprint density at radius 3 is 2.83 bits per heavy atom. The predicted molar refractivity (Wildman–Crippen MR) is 68.3 cm³/mol. The highest BCUT2D eigenvalue weighted by Crippen LogP contribution is 2.36. The van der Waals surface area contributed by atoms with Crippen LogP contribution >= 0.6 is 0 Å². The van der Waals surface area contributed by atoms with Crippen LogP contribution in [0.5, 0.6) is 0 Å². The largest absolute Gasteiger partial charge is 0.361 e. The fraction of sp³-hybridized carbons (Fsp3) is 0.0714. The van der Waals surface area contributed by atoms with E-state index in [0.717, 1.165) is 11.3 Å². The molecule has 2 heterocycles. The number of carbonyl (C=O) groups is 1. The second-order valence-electron chi connectivity index (χ2n) is 4.23. The quantitative estimate of drug-likeness (QED) is 0.742. The maximum atomic E-state index is 13.3. The number of aromatic nitrogens is 1. The summed E-state index contributed by atoms with van der Waals surface area (Å²) in [6, 6.07) is 8.05. The van der Waals surface area contributed by atoms with Gasteiger partial charge in [0.25, 0.3) is 5.91 Å². The number of H-pyrrole nitrogens is 1. The first-order chi connectivity index (χ1) is 8.66. The molecule has 0 fully saturated rings. The van der Waals surface area contributed by atoms with Gasteiger partial charge >= 0.3 is 0 Å². The lowest BCUT2D eigenvalue weighted by Gasteiger charge is -2.03. The maximum absolute atomic E-state index is 13.3. The molecular formula is C14H11FN2O. The highest BCUT2D eigenvalue weighted by molar-refractivity contribution is 6.36. The van der Waals surface area contributed by atoms with Crippen molar-refractivity contribution in [3.63, 3.8) is 0 Å². The molecule has 1 aliphatic rings. The minimum atomic E-state index is -0.345. The minimum Gasteiger partial charge on any atom is -0.361 e. The third-order valence-electron chi connectivity index (χ3n) is 3.10. The molecule has 0 radical (unpaired) electrons. The summed E-state index contributed by atoms with van der Waals surface area (Å²) in [6.45, 7) is 1.85. The smallest absolute Gasteiger partial charge is 0.256 e. The van der Waals surface area contributed by atoms with Crippen molar-refractivity contribution in [1.82, 2.24) is 4.98 Å². The lowest BCUT2D eigenvalue weighted by atomic mass is 10.00. The van der Waals surface area contributed by atoms with E-state index >= 15 is 0 Å². The van der Waals surface area contributed by atoms with Crippen LogP contribution in [0.2, 0.25) is 0 Å². The van der Waals surface area contributed by atoms with Crippen molar-refractivity contribution in [3.8, 4) is 0 Å². The molecule has 3 nitrogen and oxygen atoms in total. The molecule has 0 saturated carbocycles. The van der Waals surface area contributed by atoms with Crippen molar-refractivity contribution in [2.24, 2.45) is 0 Å². The summed E-state index contributed by atoms with van der Waals surface area (Å²) in [5, 5.41) is 2.74. The summed E-state index contributed by atoms with van der Waals surface area (Å²) in [4.78, 5) is 15.0. The van der Waals surface area contributed by atoms with Crippen LogP contribution in [-0.2, 0) is 4.79 Å². The number of carbonyl (C=O) groups excluding carboxylic acids is 1. The molecule has 0 saturated heterocycles. The Balaban J connectivity index is 2.23. The van der Waals surface area contributed by atoms with Gasteiger partial charge in [0.1, 0.15) is 5.82 Å². The van der Waals surface area contributed by atoms with Crippen LogP contribution in [-0.4, -0.2) is 10.9 Å². The average Bonchev–Trinajstić information content (AvgIpc) is 2.94. The molecular weight excluding hydrogens is 231 g/mol. The summed E-state index contributed by atoms with van der Waals surface area (Å²) in [7, 11) is 0. The van der Waals surface area contributed by atoms with Crippen LogP contribution in [0, 0.1) is 5.82 Å². The van der Waals surface area contributed by atoms with E-state index < -0.39 is 0 Å². The number of aromatic amines is 1. The van der Waals surface area contributed by atoms with Crippen molar-refractivity contribution < 1.29 is 9.18 Å². The van der Waals surface area contributed by atoms with Crippen molar-refractivity contribution in [2.75, 3.05) is 5.32 Å². The van der Waals surface area contributed by atoms with E-state index in [4.69, 9.17) is 0 Å². The van der Waals surface area contributed by atoms with Gasteiger partial charge in [-0.3, -0.25) is 4.79 Å². The molecule has 2 aromatic rings. The van der Waals surface area contributed by atoms with E-state index in [-0.39, 0.29) is 11.7 Å².